The normalized spacial score (nSPS) is 16.4. The Morgan fingerprint density at radius 2 is 1.83 bits per heavy atom. The van der Waals surface area contributed by atoms with Gasteiger partial charge in [-0.1, -0.05) is 30.3 Å². The van der Waals surface area contributed by atoms with Crippen LogP contribution < -0.4 is 10.6 Å². The van der Waals surface area contributed by atoms with Crippen LogP contribution in [0.4, 0.5) is 4.79 Å². The molecule has 1 aromatic carbocycles. The summed E-state index contributed by atoms with van der Waals surface area (Å²) in [7, 11) is 0. The molecule has 0 radical (unpaired) electrons. The van der Waals surface area contributed by atoms with Crippen molar-refractivity contribution in [1.29, 1.82) is 0 Å². The van der Waals surface area contributed by atoms with Crippen LogP contribution in [0, 0.1) is 0 Å². The van der Waals surface area contributed by atoms with Crippen molar-refractivity contribution in [3.8, 4) is 0 Å². The lowest BCUT2D eigenvalue weighted by Gasteiger charge is -2.31. The van der Waals surface area contributed by atoms with Crippen LogP contribution in [-0.2, 0) is 16.0 Å². The number of amides is 2. The Morgan fingerprint density at radius 1 is 1.21 bits per heavy atom. The van der Waals surface area contributed by atoms with E-state index < -0.39 is 17.7 Å². The predicted octanol–water partition coefficient (Wildman–Crippen LogP) is 1.55. The van der Waals surface area contributed by atoms with Crippen molar-refractivity contribution in [2.45, 2.75) is 38.8 Å². The maximum absolute atomic E-state index is 12.8. The van der Waals surface area contributed by atoms with Crippen LogP contribution in [0.15, 0.2) is 30.3 Å². The number of benzene rings is 1. The molecule has 0 unspecified atom stereocenters. The first-order valence-corrected chi connectivity index (χ1v) is 8.37. The van der Waals surface area contributed by atoms with Gasteiger partial charge in [0.1, 0.15) is 0 Å². The van der Waals surface area contributed by atoms with E-state index in [-0.39, 0.29) is 5.91 Å². The maximum atomic E-state index is 12.8. The molecule has 1 saturated heterocycles. The smallest absolute Gasteiger partial charge is 0.408 e. The Hall–Kier alpha value is -2.08. The average Bonchev–Trinajstić information content (AvgIpc) is 2.53. The van der Waals surface area contributed by atoms with Gasteiger partial charge in [-0.3, -0.25) is 4.79 Å². The molecule has 1 fully saturated rings. The zero-order valence-corrected chi connectivity index (χ0v) is 14.7. The van der Waals surface area contributed by atoms with Gasteiger partial charge in [0.05, 0.1) is 0 Å². The molecule has 6 heteroatoms. The van der Waals surface area contributed by atoms with Crippen LogP contribution >= 0.6 is 0 Å². The lowest BCUT2D eigenvalue weighted by atomic mass is 10.1. The minimum absolute atomic E-state index is 0.135. The molecule has 1 aliphatic rings. The molecule has 0 aliphatic carbocycles. The van der Waals surface area contributed by atoms with E-state index >= 15 is 0 Å². The summed E-state index contributed by atoms with van der Waals surface area (Å²) in [6.45, 7) is 8.41. The molecule has 2 N–H and O–H groups in total. The number of nitrogens with zero attached hydrogens (tertiary/aromatic N) is 1. The number of alkyl carbamates (subject to hydrolysis) is 1. The molecule has 24 heavy (non-hydrogen) atoms. The van der Waals surface area contributed by atoms with Gasteiger partial charge in [0, 0.05) is 38.1 Å². The molecule has 0 aromatic heterocycles. The second-order valence-electron chi connectivity index (χ2n) is 7.03. The van der Waals surface area contributed by atoms with Gasteiger partial charge in [0.25, 0.3) is 5.91 Å². The summed E-state index contributed by atoms with van der Waals surface area (Å²) >= 11 is 0. The minimum atomic E-state index is -0.812. The van der Waals surface area contributed by atoms with Gasteiger partial charge in [-0.25, -0.2) is 4.79 Å². The molecule has 1 atom stereocenters. The summed E-state index contributed by atoms with van der Waals surface area (Å²) in [5, 5.41) is 5.97. The minimum Gasteiger partial charge on any atom is -0.436 e. The fourth-order valence-electron chi connectivity index (χ4n) is 2.56. The SMILES string of the molecule is CC(C)(C)NC(=O)O[C@@H](Cc1ccccc1)C(=O)N1CCNCC1. The van der Waals surface area contributed by atoms with Crippen molar-refractivity contribution in [3.63, 3.8) is 0 Å². The summed E-state index contributed by atoms with van der Waals surface area (Å²) in [6, 6.07) is 9.61. The molecule has 1 aliphatic heterocycles. The monoisotopic (exact) mass is 333 g/mol. The maximum Gasteiger partial charge on any atom is 0.408 e. The second-order valence-corrected chi connectivity index (χ2v) is 7.03. The van der Waals surface area contributed by atoms with Crippen LogP contribution in [0.5, 0.6) is 0 Å². The third kappa shape index (κ3) is 5.85. The number of carbonyl (C=O) groups excluding carboxylic acids is 2. The summed E-state index contributed by atoms with van der Waals surface area (Å²) in [5.41, 5.74) is 0.557. The number of nitrogens with one attached hydrogen (secondary N) is 2. The third-order valence-electron chi connectivity index (χ3n) is 3.69. The van der Waals surface area contributed by atoms with E-state index in [1.54, 1.807) is 4.90 Å². The highest BCUT2D eigenvalue weighted by atomic mass is 16.6. The van der Waals surface area contributed by atoms with E-state index in [0.29, 0.717) is 19.5 Å². The molecule has 1 heterocycles. The molecule has 132 valence electrons. The first-order chi connectivity index (χ1) is 11.3. The molecule has 0 bridgehead atoms. The van der Waals surface area contributed by atoms with E-state index in [1.165, 1.54) is 0 Å². The second kappa shape index (κ2) is 8.15. The van der Waals surface area contributed by atoms with Crippen molar-refractivity contribution in [3.05, 3.63) is 35.9 Å². The van der Waals surface area contributed by atoms with E-state index in [2.05, 4.69) is 10.6 Å². The summed E-state index contributed by atoms with van der Waals surface area (Å²) < 4.78 is 5.48. The topological polar surface area (TPSA) is 70.7 Å². The summed E-state index contributed by atoms with van der Waals surface area (Å²) in [5.74, 6) is -0.135. The van der Waals surface area contributed by atoms with Crippen molar-refractivity contribution >= 4 is 12.0 Å². The quantitative estimate of drug-likeness (QED) is 0.877. The Labute approximate surface area is 143 Å². The number of ether oxygens (including phenoxy) is 1. The van der Waals surface area contributed by atoms with Crippen LogP contribution in [0.3, 0.4) is 0 Å². The standard InChI is InChI=1S/C18H27N3O3/c1-18(2,3)20-17(23)24-15(13-14-7-5-4-6-8-14)16(22)21-11-9-19-10-12-21/h4-8,15,19H,9-13H2,1-3H3,(H,20,23)/t15-/m0/s1. The van der Waals surface area contributed by atoms with E-state index in [9.17, 15) is 9.59 Å². The van der Waals surface area contributed by atoms with Gasteiger partial charge < -0.3 is 20.3 Å². The highest BCUT2D eigenvalue weighted by Crippen LogP contribution is 2.11. The van der Waals surface area contributed by atoms with Gasteiger partial charge in [0.2, 0.25) is 0 Å². The molecule has 2 rings (SSSR count). The number of carbonyl (C=O) groups is 2. The van der Waals surface area contributed by atoms with Gasteiger partial charge in [0.15, 0.2) is 6.10 Å². The number of hydrogen-bond donors (Lipinski definition) is 2. The van der Waals surface area contributed by atoms with Crippen molar-refractivity contribution in [2.75, 3.05) is 26.2 Å². The molecule has 6 nitrogen and oxygen atoms in total. The van der Waals surface area contributed by atoms with Crippen LogP contribution in [0.2, 0.25) is 0 Å². The Bertz CT molecular complexity index is 548. The fraction of sp³-hybridized carbons (Fsp3) is 0.556. The van der Waals surface area contributed by atoms with Gasteiger partial charge in [-0.15, -0.1) is 0 Å². The summed E-state index contributed by atoms with van der Waals surface area (Å²) in [4.78, 5) is 26.7. The third-order valence-corrected chi connectivity index (χ3v) is 3.69. The Morgan fingerprint density at radius 3 is 2.42 bits per heavy atom. The van der Waals surface area contributed by atoms with Crippen LogP contribution in [0.1, 0.15) is 26.3 Å². The van der Waals surface area contributed by atoms with Crippen molar-refractivity contribution < 1.29 is 14.3 Å². The van der Waals surface area contributed by atoms with E-state index in [4.69, 9.17) is 4.74 Å². The molecule has 0 saturated carbocycles. The van der Waals surface area contributed by atoms with Gasteiger partial charge >= 0.3 is 6.09 Å². The average molecular weight is 333 g/mol. The van der Waals surface area contributed by atoms with Crippen LogP contribution in [-0.4, -0.2) is 54.7 Å². The lowest BCUT2D eigenvalue weighted by molar-refractivity contribution is -0.141. The molecular weight excluding hydrogens is 306 g/mol. The fourth-order valence-corrected chi connectivity index (χ4v) is 2.56. The van der Waals surface area contributed by atoms with Gasteiger partial charge in [-0.2, -0.15) is 0 Å². The number of piperazine rings is 1. The van der Waals surface area contributed by atoms with E-state index in [0.717, 1.165) is 18.7 Å². The van der Waals surface area contributed by atoms with Gasteiger partial charge in [-0.05, 0) is 26.3 Å². The Kier molecular flexibility index (Phi) is 6.20. The molecule has 2 amide bonds. The van der Waals surface area contributed by atoms with Crippen LogP contribution in [0.25, 0.3) is 0 Å². The first kappa shape index (κ1) is 18.3. The zero-order valence-electron chi connectivity index (χ0n) is 14.7. The number of hydrogen-bond acceptors (Lipinski definition) is 4. The summed E-state index contributed by atoms with van der Waals surface area (Å²) in [6.07, 6.45) is -0.999. The van der Waals surface area contributed by atoms with Crippen molar-refractivity contribution in [1.82, 2.24) is 15.5 Å². The molecular formula is C18H27N3O3. The highest BCUT2D eigenvalue weighted by molar-refractivity contribution is 5.84. The number of rotatable bonds is 4. The van der Waals surface area contributed by atoms with E-state index in [1.807, 2.05) is 51.1 Å². The zero-order chi connectivity index (χ0) is 17.6. The Balaban J connectivity index is 2.08. The predicted molar refractivity (Wildman–Crippen MR) is 92.8 cm³/mol. The molecule has 1 aromatic rings. The van der Waals surface area contributed by atoms with Crippen molar-refractivity contribution in [2.24, 2.45) is 0 Å². The highest BCUT2D eigenvalue weighted by Gasteiger charge is 2.30. The molecule has 0 spiro atoms. The lowest BCUT2D eigenvalue weighted by Crippen LogP contribution is -2.52. The first-order valence-electron chi connectivity index (χ1n) is 8.37. The largest absolute Gasteiger partial charge is 0.436 e.